The molecule has 0 aromatic rings. The number of rotatable bonds is 16. The van der Waals surface area contributed by atoms with Crippen molar-refractivity contribution in [3.63, 3.8) is 0 Å². The number of ether oxygens (including phenoxy) is 1. The molecule has 0 aromatic heterocycles. The lowest BCUT2D eigenvalue weighted by Crippen LogP contribution is -2.45. The molecule has 0 aromatic carbocycles. The first-order valence-electron chi connectivity index (χ1n) is 8.37. The van der Waals surface area contributed by atoms with Crippen LogP contribution in [-0.4, -0.2) is 140 Å². The van der Waals surface area contributed by atoms with Gasteiger partial charge in [-0.2, -0.15) is 0 Å². The fourth-order valence-electron chi connectivity index (χ4n) is 2.15. The molecule has 0 bridgehead atoms. The van der Waals surface area contributed by atoms with E-state index in [4.69, 9.17) is 20.4 Å². The second-order valence-corrected chi connectivity index (χ2v) is 6.09. The second kappa shape index (κ2) is 13.8. The fourth-order valence-corrected chi connectivity index (χ4v) is 2.15. The van der Waals surface area contributed by atoms with Gasteiger partial charge in [-0.05, 0) is 0 Å². The van der Waals surface area contributed by atoms with Crippen molar-refractivity contribution in [2.45, 2.75) is 18.3 Å². The number of hydrogen-bond acceptors (Lipinski definition) is 11. The number of nitrogens with zero attached hydrogens (tertiary/aromatic N) is 2. The average Bonchev–Trinajstić information content (AvgIpc) is 2.61. The van der Waals surface area contributed by atoms with Gasteiger partial charge in [0, 0.05) is 13.1 Å². The molecule has 29 heavy (non-hydrogen) atoms. The van der Waals surface area contributed by atoms with Crippen LogP contribution in [0.1, 0.15) is 0 Å². The highest BCUT2D eigenvalue weighted by molar-refractivity contribution is 5.74. The zero-order chi connectivity index (χ0) is 22.6. The first-order valence-corrected chi connectivity index (χ1v) is 8.37. The van der Waals surface area contributed by atoms with Crippen LogP contribution in [0.3, 0.4) is 0 Å². The number of carboxylic acid groups (broad SMARTS) is 3. The zero-order valence-corrected chi connectivity index (χ0v) is 15.5. The Bertz CT molecular complexity index is 541. The van der Waals surface area contributed by atoms with Gasteiger partial charge in [0.2, 0.25) is 0 Å². The van der Waals surface area contributed by atoms with Crippen LogP contribution < -0.4 is 0 Å². The van der Waals surface area contributed by atoms with Gasteiger partial charge in [0.05, 0.1) is 32.8 Å². The molecule has 7 N–H and O–H groups in total. The lowest BCUT2D eigenvalue weighted by atomic mass is 10.1. The number of aliphatic hydroxyl groups is 4. The normalized spacial score (nSPS) is 14.4. The summed E-state index contributed by atoms with van der Waals surface area (Å²) in [7, 11) is 0. The molecule has 0 saturated carbocycles. The fraction of sp³-hybridized carbons (Fsp3) is 0.733. The minimum atomic E-state index is -1.77. The first kappa shape index (κ1) is 26.6. The van der Waals surface area contributed by atoms with E-state index in [2.05, 4.69) is 4.74 Å². The summed E-state index contributed by atoms with van der Waals surface area (Å²) in [6, 6.07) is 0. The van der Waals surface area contributed by atoms with Crippen molar-refractivity contribution in [1.29, 1.82) is 0 Å². The molecule has 0 aliphatic carbocycles. The molecule has 3 atom stereocenters. The van der Waals surface area contributed by atoms with E-state index in [9.17, 15) is 34.5 Å². The van der Waals surface area contributed by atoms with E-state index >= 15 is 0 Å². The lowest BCUT2D eigenvalue weighted by molar-refractivity contribution is -0.154. The van der Waals surface area contributed by atoms with E-state index in [1.54, 1.807) is 0 Å². The van der Waals surface area contributed by atoms with Gasteiger partial charge in [0.1, 0.15) is 24.9 Å². The largest absolute Gasteiger partial charge is 0.480 e. The van der Waals surface area contributed by atoms with E-state index in [0.29, 0.717) is 0 Å². The number of aliphatic carboxylic acids is 3. The number of aliphatic hydroxyl groups excluding tert-OH is 4. The monoisotopic (exact) mass is 426 g/mol. The Morgan fingerprint density at radius 1 is 0.724 bits per heavy atom. The number of carbonyl (C=O) groups is 4. The predicted octanol–water partition coefficient (Wildman–Crippen LogP) is -4.54. The highest BCUT2D eigenvalue weighted by atomic mass is 16.5. The third kappa shape index (κ3) is 12.7. The molecule has 0 heterocycles. The highest BCUT2D eigenvalue weighted by Gasteiger charge is 2.26. The second-order valence-electron chi connectivity index (χ2n) is 6.09. The van der Waals surface area contributed by atoms with E-state index in [-0.39, 0.29) is 13.1 Å². The Kier molecular flexibility index (Phi) is 12.6. The van der Waals surface area contributed by atoms with Crippen molar-refractivity contribution >= 4 is 23.9 Å². The Hall–Kier alpha value is -2.36. The van der Waals surface area contributed by atoms with Gasteiger partial charge in [0.25, 0.3) is 0 Å². The zero-order valence-electron chi connectivity index (χ0n) is 15.5. The van der Waals surface area contributed by atoms with E-state index < -0.39 is 81.6 Å². The Morgan fingerprint density at radius 3 is 1.52 bits per heavy atom. The lowest BCUT2D eigenvalue weighted by Gasteiger charge is -2.25. The summed E-state index contributed by atoms with van der Waals surface area (Å²) in [6.45, 7) is -4.31. The maximum atomic E-state index is 11.8. The van der Waals surface area contributed by atoms with Crippen molar-refractivity contribution < 1.29 is 59.7 Å². The van der Waals surface area contributed by atoms with E-state index in [1.807, 2.05) is 0 Å². The first-order chi connectivity index (χ1) is 13.5. The van der Waals surface area contributed by atoms with E-state index in [0.717, 1.165) is 9.80 Å². The molecule has 14 heteroatoms. The molecule has 0 aliphatic heterocycles. The van der Waals surface area contributed by atoms with Crippen LogP contribution in [0.2, 0.25) is 0 Å². The SMILES string of the molecule is O=C(O)CN(CCN(CC(=O)O)CC(=O)OC[C@H](O)[C@@H](O)[C@H](O)CO)CC(=O)O. The van der Waals surface area contributed by atoms with Gasteiger partial charge < -0.3 is 40.5 Å². The summed E-state index contributed by atoms with van der Waals surface area (Å²) in [5.41, 5.74) is 0. The molecule has 0 amide bonds. The van der Waals surface area contributed by atoms with Crippen LogP contribution in [0.5, 0.6) is 0 Å². The van der Waals surface area contributed by atoms with E-state index in [1.165, 1.54) is 0 Å². The van der Waals surface area contributed by atoms with Crippen LogP contribution in [-0.2, 0) is 23.9 Å². The van der Waals surface area contributed by atoms with Gasteiger partial charge in [-0.25, -0.2) is 0 Å². The molecule has 0 rings (SSSR count). The number of carbonyl (C=O) groups excluding carboxylic acids is 1. The van der Waals surface area contributed by atoms with Crippen LogP contribution >= 0.6 is 0 Å². The summed E-state index contributed by atoms with van der Waals surface area (Å²) in [4.78, 5) is 46.4. The molecular formula is C15H26N2O12. The smallest absolute Gasteiger partial charge is 0.320 e. The Labute approximate surface area is 165 Å². The third-order valence-corrected chi connectivity index (χ3v) is 3.55. The van der Waals surface area contributed by atoms with Gasteiger partial charge in [-0.1, -0.05) is 0 Å². The summed E-state index contributed by atoms with van der Waals surface area (Å²) >= 11 is 0. The van der Waals surface area contributed by atoms with Gasteiger partial charge in [-0.3, -0.25) is 29.0 Å². The maximum Gasteiger partial charge on any atom is 0.320 e. The number of hydrogen-bond donors (Lipinski definition) is 7. The van der Waals surface area contributed by atoms with Gasteiger partial charge in [-0.15, -0.1) is 0 Å². The molecule has 0 radical (unpaired) electrons. The van der Waals surface area contributed by atoms with Crippen molar-refractivity contribution in [3.8, 4) is 0 Å². The predicted molar refractivity (Wildman–Crippen MR) is 91.9 cm³/mol. The summed E-state index contributed by atoms with van der Waals surface area (Å²) in [5, 5.41) is 63.4. The van der Waals surface area contributed by atoms with Crippen LogP contribution in [0, 0.1) is 0 Å². The maximum absolute atomic E-state index is 11.8. The number of carboxylic acids is 3. The average molecular weight is 426 g/mol. The minimum Gasteiger partial charge on any atom is -0.480 e. The van der Waals surface area contributed by atoms with Crippen LogP contribution in [0.25, 0.3) is 0 Å². The molecule has 0 saturated heterocycles. The number of esters is 1. The summed E-state index contributed by atoms with van der Waals surface area (Å²) in [5.74, 6) is -4.86. The third-order valence-electron chi connectivity index (χ3n) is 3.55. The van der Waals surface area contributed by atoms with Crippen molar-refractivity contribution in [2.24, 2.45) is 0 Å². The van der Waals surface area contributed by atoms with Gasteiger partial charge >= 0.3 is 23.9 Å². The molecule has 0 spiro atoms. The highest BCUT2D eigenvalue weighted by Crippen LogP contribution is 2.02. The Balaban J connectivity index is 4.72. The summed E-state index contributed by atoms with van der Waals surface area (Å²) in [6.07, 6.45) is -5.12. The standard InChI is InChI=1S/C15H26N2O12/c18-7-9(19)15(28)10(20)8-29-14(27)6-17(5-13(25)26)2-1-16(3-11(21)22)4-12(23)24/h9-10,15,18-20,28H,1-8H2,(H,21,22)(H,23,24)(H,25,26)/t9-,10+,15+/m1/s1. The molecule has 168 valence electrons. The molecule has 0 aliphatic rings. The molecular weight excluding hydrogens is 400 g/mol. The summed E-state index contributed by atoms with van der Waals surface area (Å²) < 4.78 is 4.69. The van der Waals surface area contributed by atoms with Crippen molar-refractivity contribution in [2.75, 3.05) is 52.5 Å². The van der Waals surface area contributed by atoms with Crippen LogP contribution in [0.4, 0.5) is 0 Å². The topological polar surface area (TPSA) is 226 Å². The van der Waals surface area contributed by atoms with Crippen molar-refractivity contribution in [3.05, 3.63) is 0 Å². The quantitative estimate of drug-likeness (QED) is 0.115. The van der Waals surface area contributed by atoms with Gasteiger partial charge in [0.15, 0.2) is 0 Å². The van der Waals surface area contributed by atoms with Crippen molar-refractivity contribution in [1.82, 2.24) is 9.80 Å². The minimum absolute atomic E-state index is 0.164. The molecule has 0 fully saturated rings. The van der Waals surface area contributed by atoms with Crippen LogP contribution in [0.15, 0.2) is 0 Å². The Morgan fingerprint density at radius 2 is 1.14 bits per heavy atom. The molecule has 0 unspecified atom stereocenters. The molecule has 14 nitrogen and oxygen atoms in total.